The second-order valence-corrected chi connectivity index (χ2v) is 4.39. The van der Waals surface area contributed by atoms with Gasteiger partial charge in [0.25, 0.3) is 0 Å². The van der Waals surface area contributed by atoms with E-state index in [1.165, 1.54) is 64.6 Å². The Morgan fingerprint density at radius 3 is 2.50 bits per heavy atom. The first-order chi connectivity index (χ1) is 6.93. The van der Waals surface area contributed by atoms with Crippen LogP contribution in [0.5, 0.6) is 0 Å². The van der Waals surface area contributed by atoms with Gasteiger partial charge in [0, 0.05) is 6.04 Å². The van der Waals surface area contributed by atoms with Gasteiger partial charge in [0.05, 0.1) is 0 Å². The minimum atomic E-state index is 0.829. The van der Waals surface area contributed by atoms with E-state index in [1.54, 1.807) is 0 Å². The van der Waals surface area contributed by atoms with Crippen LogP contribution in [0.25, 0.3) is 0 Å². The Bertz CT molecular complexity index is 119. The first kappa shape index (κ1) is 12.0. The van der Waals surface area contributed by atoms with E-state index in [0.29, 0.717) is 0 Å². The zero-order valence-corrected chi connectivity index (χ0v) is 9.65. The molecule has 2 nitrogen and oxygen atoms in total. The second-order valence-electron chi connectivity index (χ2n) is 4.39. The van der Waals surface area contributed by atoms with Crippen LogP contribution < -0.4 is 10.6 Å². The van der Waals surface area contributed by atoms with Gasteiger partial charge in [-0.2, -0.15) is 0 Å². The summed E-state index contributed by atoms with van der Waals surface area (Å²) in [5.74, 6) is 0. The summed E-state index contributed by atoms with van der Waals surface area (Å²) in [6.07, 6.45) is 9.66. The molecule has 1 aliphatic carbocycles. The van der Waals surface area contributed by atoms with Gasteiger partial charge in [-0.15, -0.1) is 0 Å². The molecule has 1 rings (SSSR count). The number of hydrogen-bond acceptors (Lipinski definition) is 2. The highest BCUT2D eigenvalue weighted by molar-refractivity contribution is 4.71. The summed E-state index contributed by atoms with van der Waals surface area (Å²) in [7, 11) is 0. The van der Waals surface area contributed by atoms with Gasteiger partial charge in [-0.05, 0) is 45.3 Å². The summed E-state index contributed by atoms with van der Waals surface area (Å²) in [6, 6.07) is 0.829. The maximum atomic E-state index is 3.66. The van der Waals surface area contributed by atoms with E-state index in [4.69, 9.17) is 0 Å². The molecule has 2 N–H and O–H groups in total. The van der Waals surface area contributed by atoms with Gasteiger partial charge in [-0.25, -0.2) is 0 Å². The summed E-state index contributed by atoms with van der Waals surface area (Å²) in [5, 5.41) is 7.09. The molecule has 0 aromatic heterocycles. The highest BCUT2D eigenvalue weighted by Gasteiger charge is 2.11. The largest absolute Gasteiger partial charge is 0.317 e. The molecule has 0 aromatic rings. The van der Waals surface area contributed by atoms with Crippen molar-refractivity contribution >= 4 is 0 Å². The topological polar surface area (TPSA) is 24.1 Å². The highest BCUT2D eigenvalue weighted by atomic mass is 14.9. The number of nitrogens with one attached hydrogen (secondary N) is 2. The smallest absolute Gasteiger partial charge is 0.00670 e. The van der Waals surface area contributed by atoms with Crippen LogP contribution in [0.1, 0.15) is 51.9 Å². The highest BCUT2D eigenvalue weighted by Crippen LogP contribution is 2.16. The van der Waals surface area contributed by atoms with Crippen molar-refractivity contribution in [3.8, 4) is 0 Å². The lowest BCUT2D eigenvalue weighted by Gasteiger charge is -2.22. The standard InChI is InChI=1S/C12H26N2/c1-2-9-13-10-6-11-14-12-7-4-3-5-8-12/h12-14H,2-11H2,1H3. The van der Waals surface area contributed by atoms with Gasteiger partial charge < -0.3 is 10.6 Å². The zero-order chi connectivity index (χ0) is 10.1. The van der Waals surface area contributed by atoms with Gasteiger partial charge in [-0.3, -0.25) is 0 Å². The first-order valence-electron chi connectivity index (χ1n) is 6.37. The van der Waals surface area contributed by atoms with E-state index in [-0.39, 0.29) is 0 Å². The molecule has 0 atom stereocenters. The minimum absolute atomic E-state index is 0.829. The number of rotatable bonds is 7. The predicted molar refractivity (Wildman–Crippen MR) is 62.7 cm³/mol. The molecule has 1 fully saturated rings. The average molecular weight is 198 g/mol. The summed E-state index contributed by atoms with van der Waals surface area (Å²) in [6.45, 7) is 5.76. The zero-order valence-electron chi connectivity index (χ0n) is 9.65. The van der Waals surface area contributed by atoms with Crippen LogP contribution in [0.15, 0.2) is 0 Å². The molecule has 0 saturated heterocycles. The van der Waals surface area contributed by atoms with Crippen LogP contribution in [0, 0.1) is 0 Å². The predicted octanol–water partition coefficient (Wildman–Crippen LogP) is 2.30. The quantitative estimate of drug-likeness (QED) is 0.613. The Hall–Kier alpha value is -0.0800. The molecule has 0 spiro atoms. The van der Waals surface area contributed by atoms with Crippen LogP contribution in [0.4, 0.5) is 0 Å². The fourth-order valence-corrected chi connectivity index (χ4v) is 2.13. The fraction of sp³-hybridized carbons (Fsp3) is 1.00. The molecule has 0 bridgehead atoms. The summed E-state index contributed by atoms with van der Waals surface area (Å²) in [5.41, 5.74) is 0. The maximum absolute atomic E-state index is 3.66. The van der Waals surface area contributed by atoms with Gasteiger partial charge in [-0.1, -0.05) is 26.2 Å². The molecule has 0 aliphatic heterocycles. The summed E-state index contributed by atoms with van der Waals surface area (Å²) >= 11 is 0. The van der Waals surface area contributed by atoms with Crippen molar-refractivity contribution in [3.05, 3.63) is 0 Å². The molecule has 0 unspecified atom stereocenters. The Labute approximate surface area is 88.8 Å². The molecule has 0 amide bonds. The molecular formula is C12H26N2. The van der Waals surface area contributed by atoms with Crippen molar-refractivity contribution < 1.29 is 0 Å². The van der Waals surface area contributed by atoms with E-state index in [1.807, 2.05) is 0 Å². The van der Waals surface area contributed by atoms with E-state index in [0.717, 1.165) is 6.04 Å². The van der Waals surface area contributed by atoms with Crippen LogP contribution in [0.3, 0.4) is 0 Å². The van der Waals surface area contributed by atoms with E-state index in [2.05, 4.69) is 17.6 Å². The van der Waals surface area contributed by atoms with Crippen molar-refractivity contribution in [2.24, 2.45) is 0 Å². The van der Waals surface area contributed by atoms with E-state index >= 15 is 0 Å². The molecule has 0 aromatic carbocycles. The molecule has 1 aliphatic rings. The van der Waals surface area contributed by atoms with Crippen LogP contribution in [-0.2, 0) is 0 Å². The van der Waals surface area contributed by atoms with Gasteiger partial charge in [0.1, 0.15) is 0 Å². The molecular weight excluding hydrogens is 172 g/mol. The van der Waals surface area contributed by atoms with Crippen LogP contribution >= 0.6 is 0 Å². The van der Waals surface area contributed by atoms with Gasteiger partial charge >= 0.3 is 0 Å². The Balaban J connectivity index is 1.82. The van der Waals surface area contributed by atoms with Gasteiger partial charge in [0.2, 0.25) is 0 Å². The third-order valence-corrected chi connectivity index (χ3v) is 3.00. The molecule has 84 valence electrons. The van der Waals surface area contributed by atoms with E-state index in [9.17, 15) is 0 Å². The minimum Gasteiger partial charge on any atom is -0.317 e. The van der Waals surface area contributed by atoms with Crippen LogP contribution in [0.2, 0.25) is 0 Å². The average Bonchev–Trinajstić information content (AvgIpc) is 2.25. The SMILES string of the molecule is CCCNCCCNC1CCCCC1. The third-order valence-electron chi connectivity index (χ3n) is 3.00. The lowest BCUT2D eigenvalue weighted by atomic mass is 9.95. The Morgan fingerprint density at radius 1 is 1.00 bits per heavy atom. The third kappa shape index (κ3) is 5.61. The van der Waals surface area contributed by atoms with E-state index < -0.39 is 0 Å². The molecule has 0 heterocycles. The lowest BCUT2D eigenvalue weighted by molar-refractivity contribution is 0.371. The molecule has 14 heavy (non-hydrogen) atoms. The van der Waals surface area contributed by atoms with Crippen molar-refractivity contribution in [2.75, 3.05) is 19.6 Å². The number of hydrogen-bond donors (Lipinski definition) is 2. The second kappa shape index (κ2) is 8.25. The van der Waals surface area contributed by atoms with Gasteiger partial charge in [0.15, 0.2) is 0 Å². The van der Waals surface area contributed by atoms with Crippen molar-refractivity contribution in [1.29, 1.82) is 0 Å². The Kier molecular flexibility index (Phi) is 7.06. The van der Waals surface area contributed by atoms with Crippen LogP contribution in [-0.4, -0.2) is 25.7 Å². The molecule has 1 saturated carbocycles. The van der Waals surface area contributed by atoms with Crippen molar-refractivity contribution in [1.82, 2.24) is 10.6 Å². The normalized spacial score (nSPS) is 18.6. The maximum Gasteiger partial charge on any atom is 0.00670 e. The Morgan fingerprint density at radius 2 is 1.79 bits per heavy atom. The lowest BCUT2D eigenvalue weighted by Crippen LogP contribution is -2.33. The summed E-state index contributed by atoms with van der Waals surface area (Å²) < 4.78 is 0. The van der Waals surface area contributed by atoms with Crippen molar-refractivity contribution in [2.45, 2.75) is 57.9 Å². The van der Waals surface area contributed by atoms with Crippen molar-refractivity contribution in [3.63, 3.8) is 0 Å². The molecule has 0 radical (unpaired) electrons. The summed E-state index contributed by atoms with van der Waals surface area (Å²) in [4.78, 5) is 0. The molecule has 2 heteroatoms. The first-order valence-corrected chi connectivity index (χ1v) is 6.37. The monoisotopic (exact) mass is 198 g/mol. The fourth-order valence-electron chi connectivity index (χ4n) is 2.13.